The maximum absolute atomic E-state index is 14.8. The number of hydrogen-bond donors (Lipinski definition) is 1. The van der Waals surface area contributed by atoms with Crippen LogP contribution in [-0.4, -0.2) is 25.6 Å². The van der Waals surface area contributed by atoms with Crippen molar-refractivity contribution in [2.75, 3.05) is 0 Å². The monoisotopic (exact) mass is 491 g/mol. The Balaban J connectivity index is 1.37. The topological polar surface area (TPSA) is 76.6 Å². The highest BCUT2D eigenvalue weighted by molar-refractivity contribution is 7.09. The minimum absolute atomic E-state index is 0.247. The third-order valence-electron chi connectivity index (χ3n) is 7.29. The molecule has 0 radical (unpaired) electrons. The number of halogens is 1. The molecule has 1 atom stereocenters. The number of ether oxygens (including phenoxy) is 1. The van der Waals surface area contributed by atoms with E-state index in [9.17, 15) is 4.39 Å². The Kier molecular flexibility index (Phi) is 7.02. The Morgan fingerprint density at radius 3 is 2.60 bits per heavy atom. The standard InChI is InChI=1S/C27H30FN5OS/c1-3-27(25-15-29-17-35-25,21-7-5-4-6-8-21)34-16-19-9-11-22(18(2)13-19)20-10-12-23(24(28)14-20)26-30-32-33-31-26/h9-15,17,21H,3-8,16H2,1-2H3,(H,30,31,32,33). The van der Waals surface area contributed by atoms with Gasteiger partial charge >= 0.3 is 0 Å². The molecule has 1 unspecified atom stereocenters. The van der Waals surface area contributed by atoms with Crippen molar-refractivity contribution in [1.82, 2.24) is 25.6 Å². The molecule has 1 aliphatic rings. The Hall–Kier alpha value is -2.97. The maximum Gasteiger partial charge on any atom is 0.207 e. The van der Waals surface area contributed by atoms with Crippen LogP contribution in [0.15, 0.2) is 48.1 Å². The Labute approximate surface area is 209 Å². The van der Waals surface area contributed by atoms with Gasteiger partial charge in [0.1, 0.15) is 11.4 Å². The third kappa shape index (κ3) is 4.77. The largest absolute Gasteiger partial charge is 0.364 e. The van der Waals surface area contributed by atoms with Gasteiger partial charge in [0.25, 0.3) is 0 Å². The second-order valence-electron chi connectivity index (χ2n) is 9.31. The van der Waals surface area contributed by atoms with E-state index in [2.05, 4.69) is 57.7 Å². The number of nitrogens with one attached hydrogen (secondary N) is 1. The summed E-state index contributed by atoms with van der Waals surface area (Å²) >= 11 is 1.70. The van der Waals surface area contributed by atoms with Crippen LogP contribution in [0.2, 0.25) is 0 Å². The van der Waals surface area contributed by atoms with Crippen molar-refractivity contribution in [2.24, 2.45) is 5.92 Å². The number of hydrogen-bond acceptors (Lipinski definition) is 6. The van der Waals surface area contributed by atoms with Gasteiger partial charge in [-0.25, -0.2) is 4.39 Å². The number of nitrogens with zero attached hydrogens (tertiary/aromatic N) is 4. The first-order chi connectivity index (χ1) is 17.1. The number of thiazole rings is 1. The molecule has 5 rings (SSSR count). The summed E-state index contributed by atoms with van der Waals surface area (Å²) in [5.41, 5.74) is 5.95. The molecule has 4 aromatic rings. The average molecular weight is 492 g/mol. The quantitative estimate of drug-likeness (QED) is 0.292. The lowest BCUT2D eigenvalue weighted by molar-refractivity contribution is -0.113. The summed E-state index contributed by atoms with van der Waals surface area (Å²) in [7, 11) is 0. The lowest BCUT2D eigenvalue weighted by atomic mass is 9.74. The van der Waals surface area contributed by atoms with Crippen molar-refractivity contribution < 1.29 is 9.13 Å². The summed E-state index contributed by atoms with van der Waals surface area (Å²) < 4.78 is 21.6. The van der Waals surface area contributed by atoms with Crippen LogP contribution in [0.25, 0.3) is 22.5 Å². The van der Waals surface area contributed by atoms with Crippen LogP contribution in [0.5, 0.6) is 0 Å². The molecule has 0 amide bonds. The van der Waals surface area contributed by atoms with E-state index in [-0.39, 0.29) is 17.2 Å². The van der Waals surface area contributed by atoms with Gasteiger partial charge in [0.15, 0.2) is 0 Å². The zero-order valence-corrected chi connectivity index (χ0v) is 20.9. The number of benzene rings is 2. The van der Waals surface area contributed by atoms with Gasteiger partial charge in [0, 0.05) is 6.20 Å². The molecule has 2 aromatic heterocycles. The summed E-state index contributed by atoms with van der Waals surface area (Å²) in [6, 6.07) is 11.4. The van der Waals surface area contributed by atoms with Crippen molar-refractivity contribution >= 4 is 11.3 Å². The lowest BCUT2D eigenvalue weighted by Gasteiger charge is -2.41. The number of aromatic amines is 1. The minimum Gasteiger partial charge on any atom is -0.364 e. The van der Waals surface area contributed by atoms with Gasteiger partial charge in [0.05, 0.1) is 22.6 Å². The van der Waals surface area contributed by atoms with Crippen LogP contribution in [0.3, 0.4) is 0 Å². The molecule has 0 saturated heterocycles. The molecule has 0 aliphatic heterocycles. The SMILES string of the molecule is CCC(OCc1ccc(-c2ccc(-c3nn[nH]n3)c(F)c2)c(C)c1)(c1cncs1)C1CCCCC1. The summed E-state index contributed by atoms with van der Waals surface area (Å²) in [5, 5.41) is 13.6. The van der Waals surface area contributed by atoms with Crippen LogP contribution < -0.4 is 0 Å². The van der Waals surface area contributed by atoms with Crippen LogP contribution >= 0.6 is 11.3 Å². The lowest BCUT2D eigenvalue weighted by Crippen LogP contribution is -2.38. The molecule has 2 heterocycles. The van der Waals surface area contributed by atoms with Gasteiger partial charge in [-0.2, -0.15) is 5.21 Å². The van der Waals surface area contributed by atoms with Crippen molar-refractivity contribution in [3.05, 3.63) is 69.9 Å². The highest BCUT2D eigenvalue weighted by atomic mass is 32.1. The summed E-state index contributed by atoms with van der Waals surface area (Å²) in [6.45, 7) is 4.82. The molecule has 35 heavy (non-hydrogen) atoms. The first-order valence-electron chi connectivity index (χ1n) is 12.3. The number of rotatable bonds is 8. The number of H-pyrrole nitrogens is 1. The van der Waals surface area contributed by atoms with Gasteiger partial charge in [0.2, 0.25) is 5.82 Å². The van der Waals surface area contributed by atoms with Gasteiger partial charge in [-0.3, -0.25) is 4.98 Å². The molecule has 0 spiro atoms. The second-order valence-corrected chi connectivity index (χ2v) is 10.2. The molecule has 182 valence electrons. The first kappa shape index (κ1) is 23.8. The molecule has 8 heteroatoms. The van der Waals surface area contributed by atoms with E-state index >= 15 is 0 Å². The average Bonchev–Trinajstić information content (AvgIpc) is 3.61. The number of aromatic nitrogens is 5. The predicted octanol–water partition coefficient (Wildman–Crippen LogP) is 6.84. The van der Waals surface area contributed by atoms with E-state index in [0.717, 1.165) is 28.7 Å². The van der Waals surface area contributed by atoms with E-state index in [1.807, 2.05) is 17.8 Å². The molecule has 1 N–H and O–H groups in total. The van der Waals surface area contributed by atoms with Crippen molar-refractivity contribution in [3.8, 4) is 22.5 Å². The smallest absolute Gasteiger partial charge is 0.207 e. The van der Waals surface area contributed by atoms with Crippen molar-refractivity contribution in [1.29, 1.82) is 0 Å². The zero-order chi connectivity index (χ0) is 24.3. The highest BCUT2D eigenvalue weighted by Crippen LogP contribution is 2.46. The summed E-state index contributed by atoms with van der Waals surface area (Å²) in [4.78, 5) is 5.60. The number of tetrazole rings is 1. The third-order valence-corrected chi connectivity index (χ3v) is 8.22. The Bertz CT molecular complexity index is 1250. The fourth-order valence-electron chi connectivity index (χ4n) is 5.44. The Morgan fingerprint density at radius 1 is 1.11 bits per heavy atom. The second kappa shape index (κ2) is 10.3. The van der Waals surface area contributed by atoms with E-state index in [0.29, 0.717) is 18.1 Å². The van der Waals surface area contributed by atoms with E-state index in [1.165, 1.54) is 43.0 Å². The minimum atomic E-state index is -0.375. The fraction of sp³-hybridized carbons (Fsp3) is 0.407. The summed E-state index contributed by atoms with van der Waals surface area (Å²) in [6.07, 6.45) is 9.18. The summed E-state index contributed by atoms with van der Waals surface area (Å²) in [5.74, 6) is 0.389. The molecule has 1 saturated carbocycles. The van der Waals surface area contributed by atoms with Gasteiger partial charge < -0.3 is 4.74 Å². The van der Waals surface area contributed by atoms with E-state index in [1.54, 1.807) is 17.4 Å². The molecule has 1 fully saturated rings. The normalized spacial score (nSPS) is 16.3. The molecule has 2 aromatic carbocycles. The van der Waals surface area contributed by atoms with Crippen molar-refractivity contribution in [2.45, 2.75) is 64.6 Å². The zero-order valence-electron chi connectivity index (χ0n) is 20.1. The highest BCUT2D eigenvalue weighted by Gasteiger charge is 2.41. The molecule has 1 aliphatic carbocycles. The van der Waals surface area contributed by atoms with Crippen LogP contribution in [0, 0.1) is 18.7 Å². The van der Waals surface area contributed by atoms with Crippen LogP contribution in [-0.2, 0) is 16.9 Å². The van der Waals surface area contributed by atoms with Gasteiger partial charge in [-0.15, -0.1) is 21.5 Å². The fourth-order valence-corrected chi connectivity index (χ4v) is 6.37. The van der Waals surface area contributed by atoms with Gasteiger partial charge in [-0.1, -0.05) is 50.5 Å². The van der Waals surface area contributed by atoms with Gasteiger partial charge in [-0.05, 0) is 71.7 Å². The molecule has 0 bridgehead atoms. The molecule has 6 nitrogen and oxygen atoms in total. The predicted molar refractivity (Wildman–Crippen MR) is 135 cm³/mol. The van der Waals surface area contributed by atoms with Crippen LogP contribution in [0.1, 0.15) is 61.5 Å². The van der Waals surface area contributed by atoms with E-state index in [4.69, 9.17) is 4.74 Å². The first-order valence-corrected chi connectivity index (χ1v) is 13.1. The Morgan fingerprint density at radius 2 is 1.94 bits per heavy atom. The maximum atomic E-state index is 14.8. The van der Waals surface area contributed by atoms with E-state index < -0.39 is 0 Å². The number of aryl methyl sites for hydroxylation is 1. The molecular weight excluding hydrogens is 461 g/mol. The van der Waals surface area contributed by atoms with Crippen LogP contribution in [0.4, 0.5) is 4.39 Å². The molecular formula is C27H30FN5OS. The van der Waals surface area contributed by atoms with Crippen molar-refractivity contribution in [3.63, 3.8) is 0 Å².